The van der Waals surface area contributed by atoms with Crippen LogP contribution in [-0.2, 0) is 0 Å². The number of hydrogen-bond acceptors (Lipinski definition) is 3. The standard InChI is InChI=1S/C12H9ClFN3O/c13-8-6-7(4-5-9(8)14)16-12(18)10-2-1-3-11(15)17-10/h1-6H,(H2,15,17)(H,16,18). The lowest BCUT2D eigenvalue weighted by molar-refractivity contribution is 0.102. The van der Waals surface area contributed by atoms with Crippen LogP contribution in [0.5, 0.6) is 0 Å². The normalized spacial score (nSPS) is 10.1. The van der Waals surface area contributed by atoms with Crippen molar-refractivity contribution in [1.82, 2.24) is 4.98 Å². The van der Waals surface area contributed by atoms with Gasteiger partial charge in [-0.3, -0.25) is 4.79 Å². The van der Waals surface area contributed by atoms with Crippen LogP contribution in [0.4, 0.5) is 15.9 Å². The van der Waals surface area contributed by atoms with E-state index < -0.39 is 11.7 Å². The maximum absolute atomic E-state index is 12.9. The van der Waals surface area contributed by atoms with Crippen molar-refractivity contribution in [3.05, 3.63) is 52.9 Å². The molecule has 0 aliphatic carbocycles. The topological polar surface area (TPSA) is 68.0 Å². The van der Waals surface area contributed by atoms with Gasteiger partial charge >= 0.3 is 0 Å². The van der Waals surface area contributed by atoms with Gasteiger partial charge in [-0.05, 0) is 30.3 Å². The van der Waals surface area contributed by atoms with Crippen molar-refractivity contribution < 1.29 is 9.18 Å². The lowest BCUT2D eigenvalue weighted by Crippen LogP contribution is -2.14. The number of nitrogens with zero attached hydrogens (tertiary/aromatic N) is 1. The Hall–Kier alpha value is -2.14. The van der Waals surface area contributed by atoms with E-state index in [2.05, 4.69) is 10.3 Å². The number of nitrogens with one attached hydrogen (secondary N) is 1. The Kier molecular flexibility index (Phi) is 3.43. The Labute approximate surface area is 108 Å². The molecule has 18 heavy (non-hydrogen) atoms. The Morgan fingerprint density at radius 3 is 2.78 bits per heavy atom. The molecular weight excluding hydrogens is 257 g/mol. The van der Waals surface area contributed by atoms with E-state index in [0.29, 0.717) is 5.69 Å². The average molecular weight is 266 g/mol. The molecule has 0 bridgehead atoms. The number of nitrogen functional groups attached to an aromatic ring is 1. The first-order valence-electron chi connectivity index (χ1n) is 5.05. The molecule has 0 unspecified atom stereocenters. The van der Waals surface area contributed by atoms with Gasteiger partial charge in [-0.15, -0.1) is 0 Å². The summed E-state index contributed by atoms with van der Waals surface area (Å²) >= 11 is 5.61. The van der Waals surface area contributed by atoms with Gasteiger partial charge in [-0.2, -0.15) is 0 Å². The van der Waals surface area contributed by atoms with E-state index >= 15 is 0 Å². The van der Waals surface area contributed by atoms with Crippen molar-refractivity contribution in [2.75, 3.05) is 11.1 Å². The molecule has 4 nitrogen and oxygen atoms in total. The van der Waals surface area contributed by atoms with E-state index in [1.54, 1.807) is 12.1 Å². The molecule has 1 aromatic carbocycles. The fraction of sp³-hybridized carbons (Fsp3) is 0. The number of hydrogen-bond donors (Lipinski definition) is 2. The molecule has 0 spiro atoms. The summed E-state index contributed by atoms with van der Waals surface area (Å²) in [4.78, 5) is 15.7. The number of halogens is 2. The zero-order valence-corrected chi connectivity index (χ0v) is 9.91. The number of rotatable bonds is 2. The molecule has 2 aromatic rings. The maximum atomic E-state index is 12.9. The van der Waals surface area contributed by atoms with E-state index in [9.17, 15) is 9.18 Å². The molecular formula is C12H9ClFN3O. The minimum Gasteiger partial charge on any atom is -0.384 e. The summed E-state index contributed by atoms with van der Waals surface area (Å²) in [5.41, 5.74) is 6.03. The molecule has 1 heterocycles. The SMILES string of the molecule is Nc1cccc(C(=O)Nc2ccc(F)c(Cl)c2)n1. The lowest BCUT2D eigenvalue weighted by atomic mass is 10.3. The van der Waals surface area contributed by atoms with Crippen molar-refractivity contribution >= 4 is 29.0 Å². The molecule has 0 aliphatic heterocycles. The van der Waals surface area contributed by atoms with Crippen molar-refractivity contribution in [3.8, 4) is 0 Å². The molecule has 0 saturated carbocycles. The second kappa shape index (κ2) is 5.01. The van der Waals surface area contributed by atoms with E-state index in [0.717, 1.165) is 0 Å². The van der Waals surface area contributed by atoms with Gasteiger partial charge in [-0.1, -0.05) is 17.7 Å². The zero-order chi connectivity index (χ0) is 13.1. The first-order chi connectivity index (χ1) is 8.56. The predicted octanol–water partition coefficient (Wildman–Crippen LogP) is 2.71. The van der Waals surface area contributed by atoms with Gasteiger partial charge in [0, 0.05) is 5.69 Å². The third-order valence-corrected chi connectivity index (χ3v) is 2.47. The van der Waals surface area contributed by atoms with Gasteiger partial charge in [0.1, 0.15) is 17.3 Å². The Bertz CT molecular complexity index is 604. The summed E-state index contributed by atoms with van der Waals surface area (Å²) in [6.07, 6.45) is 0. The molecule has 0 fully saturated rings. The van der Waals surface area contributed by atoms with Gasteiger partial charge in [0.15, 0.2) is 0 Å². The number of amides is 1. The summed E-state index contributed by atoms with van der Waals surface area (Å²) < 4.78 is 12.9. The summed E-state index contributed by atoms with van der Waals surface area (Å²) in [7, 11) is 0. The molecule has 0 atom stereocenters. The third-order valence-electron chi connectivity index (χ3n) is 2.18. The molecule has 0 aliphatic rings. The Morgan fingerprint density at radius 1 is 1.33 bits per heavy atom. The van der Waals surface area contributed by atoms with Crippen LogP contribution in [0.1, 0.15) is 10.5 Å². The predicted molar refractivity (Wildman–Crippen MR) is 68.0 cm³/mol. The minimum atomic E-state index is -0.545. The molecule has 0 saturated heterocycles. The van der Waals surface area contributed by atoms with Crippen LogP contribution in [0.2, 0.25) is 5.02 Å². The van der Waals surface area contributed by atoms with Crippen LogP contribution in [-0.4, -0.2) is 10.9 Å². The summed E-state index contributed by atoms with van der Waals surface area (Å²) in [6, 6.07) is 8.62. The smallest absolute Gasteiger partial charge is 0.274 e. The fourth-order valence-corrected chi connectivity index (χ4v) is 1.53. The molecule has 3 N–H and O–H groups in total. The summed E-state index contributed by atoms with van der Waals surface area (Å²) in [6.45, 7) is 0. The van der Waals surface area contributed by atoms with E-state index in [-0.39, 0.29) is 16.5 Å². The van der Waals surface area contributed by atoms with Crippen LogP contribution >= 0.6 is 11.6 Å². The molecule has 1 amide bonds. The monoisotopic (exact) mass is 265 g/mol. The summed E-state index contributed by atoms with van der Waals surface area (Å²) in [5, 5.41) is 2.48. The van der Waals surface area contributed by atoms with Crippen LogP contribution in [0.3, 0.4) is 0 Å². The van der Waals surface area contributed by atoms with Crippen molar-refractivity contribution in [1.29, 1.82) is 0 Å². The highest BCUT2D eigenvalue weighted by Gasteiger charge is 2.09. The second-order valence-corrected chi connectivity index (χ2v) is 3.94. The van der Waals surface area contributed by atoms with E-state index in [1.165, 1.54) is 24.3 Å². The highest BCUT2D eigenvalue weighted by atomic mass is 35.5. The highest BCUT2D eigenvalue weighted by Crippen LogP contribution is 2.19. The van der Waals surface area contributed by atoms with Crippen molar-refractivity contribution in [2.45, 2.75) is 0 Å². The zero-order valence-electron chi connectivity index (χ0n) is 9.15. The minimum absolute atomic E-state index is 0.0617. The van der Waals surface area contributed by atoms with Crippen molar-refractivity contribution in [3.63, 3.8) is 0 Å². The molecule has 6 heteroatoms. The van der Waals surface area contributed by atoms with Gasteiger partial charge in [0.05, 0.1) is 5.02 Å². The number of nitrogens with two attached hydrogens (primary N) is 1. The molecule has 2 rings (SSSR count). The van der Waals surface area contributed by atoms with E-state index in [1.807, 2.05) is 0 Å². The van der Waals surface area contributed by atoms with Crippen LogP contribution in [0.25, 0.3) is 0 Å². The number of carbonyl (C=O) groups is 1. The average Bonchev–Trinajstić information content (AvgIpc) is 2.34. The Balaban J connectivity index is 2.18. The first-order valence-corrected chi connectivity index (χ1v) is 5.43. The van der Waals surface area contributed by atoms with E-state index in [4.69, 9.17) is 17.3 Å². The van der Waals surface area contributed by atoms with Crippen molar-refractivity contribution in [2.24, 2.45) is 0 Å². The Morgan fingerprint density at radius 2 is 2.11 bits per heavy atom. The highest BCUT2D eigenvalue weighted by molar-refractivity contribution is 6.31. The van der Waals surface area contributed by atoms with Crippen LogP contribution in [0, 0.1) is 5.82 Å². The van der Waals surface area contributed by atoms with Crippen LogP contribution in [0.15, 0.2) is 36.4 Å². The summed E-state index contributed by atoms with van der Waals surface area (Å²) in [5.74, 6) is -0.735. The van der Waals surface area contributed by atoms with Gasteiger partial charge in [0.2, 0.25) is 0 Å². The number of aromatic nitrogens is 1. The maximum Gasteiger partial charge on any atom is 0.274 e. The molecule has 0 radical (unpaired) electrons. The number of pyridine rings is 1. The van der Waals surface area contributed by atoms with Gasteiger partial charge < -0.3 is 11.1 Å². The number of anilines is 2. The molecule has 1 aromatic heterocycles. The fourth-order valence-electron chi connectivity index (χ4n) is 1.35. The lowest BCUT2D eigenvalue weighted by Gasteiger charge is -2.05. The molecule has 92 valence electrons. The van der Waals surface area contributed by atoms with Gasteiger partial charge in [0.25, 0.3) is 5.91 Å². The largest absolute Gasteiger partial charge is 0.384 e. The van der Waals surface area contributed by atoms with Gasteiger partial charge in [-0.25, -0.2) is 9.37 Å². The number of carbonyl (C=O) groups excluding carboxylic acids is 1. The number of benzene rings is 1. The quantitative estimate of drug-likeness (QED) is 0.877. The third kappa shape index (κ3) is 2.75. The van der Waals surface area contributed by atoms with Crippen LogP contribution < -0.4 is 11.1 Å². The first kappa shape index (κ1) is 12.3. The second-order valence-electron chi connectivity index (χ2n) is 3.53.